The summed E-state index contributed by atoms with van der Waals surface area (Å²) in [6.07, 6.45) is 6.96. The first-order valence-electron chi connectivity index (χ1n) is 8.38. The van der Waals surface area contributed by atoms with E-state index >= 15 is 0 Å². The van der Waals surface area contributed by atoms with Gasteiger partial charge in [-0.2, -0.15) is 0 Å². The van der Waals surface area contributed by atoms with Crippen LogP contribution in [-0.4, -0.2) is 60.6 Å². The molecule has 0 spiro atoms. The van der Waals surface area contributed by atoms with Gasteiger partial charge in [0.1, 0.15) is 0 Å². The number of likely N-dealkylation sites (tertiary alicyclic amines) is 2. The molecule has 0 aromatic rings. The summed E-state index contributed by atoms with van der Waals surface area (Å²) in [5.41, 5.74) is 0. The van der Waals surface area contributed by atoms with Crippen LogP contribution in [0.25, 0.3) is 0 Å². The van der Waals surface area contributed by atoms with Crippen LogP contribution in [0.2, 0.25) is 0 Å². The molecule has 1 N–H and O–H groups in total. The van der Waals surface area contributed by atoms with E-state index in [1.54, 1.807) is 0 Å². The molecule has 0 saturated carbocycles. The van der Waals surface area contributed by atoms with Gasteiger partial charge in [0, 0.05) is 31.2 Å². The highest BCUT2D eigenvalue weighted by molar-refractivity contribution is 4.87. The van der Waals surface area contributed by atoms with Gasteiger partial charge in [0.2, 0.25) is 0 Å². The Morgan fingerprint density at radius 2 is 1.79 bits per heavy atom. The van der Waals surface area contributed by atoms with Crippen molar-refractivity contribution < 1.29 is 0 Å². The molecule has 0 bridgehead atoms. The van der Waals surface area contributed by atoms with Crippen molar-refractivity contribution in [3.05, 3.63) is 0 Å². The lowest BCUT2D eigenvalue weighted by Gasteiger charge is -2.33. The highest BCUT2D eigenvalue weighted by Crippen LogP contribution is 2.22. The molecule has 2 atom stereocenters. The molecule has 2 heterocycles. The van der Waals surface area contributed by atoms with Crippen LogP contribution >= 0.6 is 0 Å². The smallest absolute Gasteiger partial charge is 0.0235 e. The summed E-state index contributed by atoms with van der Waals surface area (Å²) in [6, 6.07) is 2.20. The van der Waals surface area contributed by atoms with E-state index < -0.39 is 0 Å². The van der Waals surface area contributed by atoms with Crippen LogP contribution in [0.4, 0.5) is 0 Å². The van der Waals surface area contributed by atoms with Gasteiger partial charge in [-0.05, 0) is 52.2 Å². The third kappa shape index (κ3) is 4.73. The monoisotopic (exact) mass is 267 g/mol. The van der Waals surface area contributed by atoms with Crippen LogP contribution in [0.1, 0.15) is 52.9 Å². The summed E-state index contributed by atoms with van der Waals surface area (Å²) in [7, 11) is 0. The van der Waals surface area contributed by atoms with Crippen molar-refractivity contribution in [3.63, 3.8) is 0 Å². The fourth-order valence-electron chi connectivity index (χ4n) is 3.51. The van der Waals surface area contributed by atoms with Crippen molar-refractivity contribution in [2.24, 2.45) is 0 Å². The number of nitrogens with one attached hydrogen (secondary N) is 1. The Morgan fingerprint density at radius 1 is 1.05 bits per heavy atom. The van der Waals surface area contributed by atoms with Crippen molar-refractivity contribution in [1.82, 2.24) is 15.1 Å². The molecule has 2 aliphatic rings. The molecule has 2 unspecified atom stereocenters. The lowest BCUT2D eigenvalue weighted by Crippen LogP contribution is -2.42. The van der Waals surface area contributed by atoms with Gasteiger partial charge in [0.25, 0.3) is 0 Å². The summed E-state index contributed by atoms with van der Waals surface area (Å²) in [5.74, 6) is 0. The molecule has 0 radical (unpaired) electrons. The van der Waals surface area contributed by atoms with E-state index in [1.807, 2.05) is 0 Å². The Hall–Kier alpha value is -0.120. The highest BCUT2D eigenvalue weighted by Gasteiger charge is 2.30. The maximum atomic E-state index is 3.54. The highest BCUT2D eigenvalue weighted by atomic mass is 15.3. The van der Waals surface area contributed by atoms with Crippen molar-refractivity contribution in [2.45, 2.75) is 71.0 Å². The SMILES string of the molecule is CC(C)NCCC(C)N1CCC(N2CCCCC2)C1. The Balaban J connectivity index is 1.68. The van der Waals surface area contributed by atoms with Gasteiger partial charge >= 0.3 is 0 Å². The van der Waals surface area contributed by atoms with E-state index in [1.165, 1.54) is 58.3 Å². The normalized spacial score (nSPS) is 28.1. The molecule has 0 amide bonds. The molecule has 2 fully saturated rings. The zero-order valence-electron chi connectivity index (χ0n) is 13.2. The molecule has 3 heteroatoms. The van der Waals surface area contributed by atoms with Gasteiger partial charge in [-0.3, -0.25) is 9.80 Å². The van der Waals surface area contributed by atoms with E-state index in [0.29, 0.717) is 6.04 Å². The first-order chi connectivity index (χ1) is 9.16. The van der Waals surface area contributed by atoms with Gasteiger partial charge < -0.3 is 5.32 Å². The molecule has 2 rings (SSSR count). The van der Waals surface area contributed by atoms with E-state index in [-0.39, 0.29) is 0 Å². The van der Waals surface area contributed by atoms with Gasteiger partial charge in [-0.25, -0.2) is 0 Å². The second-order valence-electron chi connectivity index (χ2n) is 6.78. The second kappa shape index (κ2) is 7.61. The maximum absolute atomic E-state index is 3.54. The van der Waals surface area contributed by atoms with Gasteiger partial charge in [-0.15, -0.1) is 0 Å². The Kier molecular flexibility index (Phi) is 6.11. The van der Waals surface area contributed by atoms with E-state index in [4.69, 9.17) is 0 Å². The predicted octanol–water partition coefficient (Wildman–Crippen LogP) is 2.32. The van der Waals surface area contributed by atoms with Crippen LogP contribution < -0.4 is 5.32 Å². The number of piperidine rings is 1. The molecule has 0 aromatic carbocycles. The minimum absolute atomic E-state index is 0.617. The molecule has 3 nitrogen and oxygen atoms in total. The zero-order valence-corrected chi connectivity index (χ0v) is 13.2. The summed E-state index contributed by atoms with van der Waals surface area (Å²) in [4.78, 5) is 5.46. The van der Waals surface area contributed by atoms with Crippen molar-refractivity contribution in [2.75, 3.05) is 32.7 Å². The number of hydrogen-bond acceptors (Lipinski definition) is 3. The number of rotatable bonds is 6. The lowest BCUT2D eigenvalue weighted by atomic mass is 10.1. The minimum atomic E-state index is 0.617. The molecule has 19 heavy (non-hydrogen) atoms. The maximum Gasteiger partial charge on any atom is 0.0235 e. The van der Waals surface area contributed by atoms with Crippen LogP contribution in [0, 0.1) is 0 Å². The molecule has 2 saturated heterocycles. The first kappa shape index (κ1) is 15.3. The van der Waals surface area contributed by atoms with Crippen LogP contribution in [-0.2, 0) is 0 Å². The second-order valence-corrected chi connectivity index (χ2v) is 6.78. The molecule has 112 valence electrons. The fourth-order valence-corrected chi connectivity index (χ4v) is 3.51. The van der Waals surface area contributed by atoms with Gasteiger partial charge in [0.05, 0.1) is 0 Å². The quantitative estimate of drug-likeness (QED) is 0.797. The largest absolute Gasteiger partial charge is 0.314 e. The third-order valence-electron chi connectivity index (χ3n) is 4.84. The number of hydrogen-bond donors (Lipinski definition) is 1. The summed E-state index contributed by atoms with van der Waals surface area (Å²) in [5, 5.41) is 3.54. The van der Waals surface area contributed by atoms with Crippen LogP contribution in [0.3, 0.4) is 0 Å². The fraction of sp³-hybridized carbons (Fsp3) is 1.00. The summed E-state index contributed by atoms with van der Waals surface area (Å²) < 4.78 is 0. The molecular weight excluding hydrogens is 234 g/mol. The Morgan fingerprint density at radius 3 is 2.47 bits per heavy atom. The van der Waals surface area contributed by atoms with Crippen LogP contribution in [0.5, 0.6) is 0 Å². The van der Waals surface area contributed by atoms with Crippen LogP contribution in [0.15, 0.2) is 0 Å². The standard InChI is InChI=1S/C16H33N3/c1-14(2)17-9-7-15(3)19-12-8-16(13-19)18-10-5-4-6-11-18/h14-17H,4-13H2,1-3H3. The Bertz CT molecular complexity index is 248. The van der Waals surface area contributed by atoms with E-state index in [2.05, 4.69) is 35.9 Å². The van der Waals surface area contributed by atoms with Crippen molar-refractivity contribution >= 4 is 0 Å². The summed E-state index contributed by atoms with van der Waals surface area (Å²) >= 11 is 0. The predicted molar refractivity (Wildman–Crippen MR) is 82.6 cm³/mol. The molecule has 0 aromatic heterocycles. The first-order valence-corrected chi connectivity index (χ1v) is 8.38. The topological polar surface area (TPSA) is 18.5 Å². The van der Waals surface area contributed by atoms with Crippen molar-refractivity contribution in [1.29, 1.82) is 0 Å². The third-order valence-corrected chi connectivity index (χ3v) is 4.84. The van der Waals surface area contributed by atoms with E-state index in [9.17, 15) is 0 Å². The average Bonchev–Trinajstić information content (AvgIpc) is 2.89. The lowest BCUT2D eigenvalue weighted by molar-refractivity contribution is 0.152. The summed E-state index contributed by atoms with van der Waals surface area (Å²) in [6.45, 7) is 13.3. The molecule has 2 aliphatic heterocycles. The number of nitrogens with zero attached hydrogens (tertiary/aromatic N) is 2. The Labute approximate surface area is 119 Å². The van der Waals surface area contributed by atoms with Crippen molar-refractivity contribution in [3.8, 4) is 0 Å². The average molecular weight is 267 g/mol. The van der Waals surface area contributed by atoms with Gasteiger partial charge in [0.15, 0.2) is 0 Å². The molecular formula is C16H33N3. The molecule has 0 aliphatic carbocycles. The minimum Gasteiger partial charge on any atom is -0.314 e. The van der Waals surface area contributed by atoms with E-state index in [0.717, 1.165) is 18.6 Å². The van der Waals surface area contributed by atoms with Gasteiger partial charge in [-0.1, -0.05) is 20.3 Å². The zero-order chi connectivity index (χ0) is 13.7.